The van der Waals surface area contributed by atoms with E-state index in [4.69, 9.17) is 5.73 Å². The first-order valence-corrected chi connectivity index (χ1v) is 3.58. The maximum Gasteiger partial charge on any atom is 0.284 e. The van der Waals surface area contributed by atoms with Crippen LogP contribution in [0.25, 0.3) is 0 Å². The summed E-state index contributed by atoms with van der Waals surface area (Å²) in [5.74, 6) is 0.525. The van der Waals surface area contributed by atoms with E-state index >= 15 is 0 Å². The number of aromatic amines is 1. The lowest BCUT2D eigenvalue weighted by atomic mass is 10.5. The molecule has 0 saturated heterocycles. The highest BCUT2D eigenvalue weighted by atomic mass is 16.1. The quantitative estimate of drug-likeness (QED) is 0.597. The molecule has 1 amide bonds. The topological polar surface area (TPSA) is 71.8 Å². The third-order valence-corrected chi connectivity index (χ3v) is 1.52. The minimum absolute atomic E-state index is 0.207. The molecule has 1 aromatic rings. The van der Waals surface area contributed by atoms with Crippen LogP contribution in [0.2, 0.25) is 0 Å². The van der Waals surface area contributed by atoms with Crippen LogP contribution >= 0.6 is 0 Å². The van der Waals surface area contributed by atoms with Crippen molar-refractivity contribution in [2.24, 2.45) is 5.73 Å². The van der Waals surface area contributed by atoms with Gasteiger partial charge in [0.2, 0.25) is 11.6 Å². The van der Waals surface area contributed by atoms with E-state index < -0.39 is 5.91 Å². The summed E-state index contributed by atoms with van der Waals surface area (Å²) in [5, 5.41) is 0. The molecule has 0 unspecified atom stereocenters. The Kier molecular flexibility index (Phi) is 1.89. The number of carbonyl (C=O) groups excluding carboxylic acids is 1. The number of amides is 1. The molecule has 0 aromatic carbocycles. The Morgan fingerprint density at radius 3 is 2.42 bits per heavy atom. The minimum atomic E-state index is -0.533. The van der Waals surface area contributed by atoms with Gasteiger partial charge in [0.1, 0.15) is 6.20 Å². The number of nitrogens with one attached hydrogen (secondary N) is 1. The van der Waals surface area contributed by atoms with Gasteiger partial charge in [0.15, 0.2) is 0 Å². The summed E-state index contributed by atoms with van der Waals surface area (Å²) in [7, 11) is 5.91. The van der Waals surface area contributed by atoms with Crippen LogP contribution in [0, 0.1) is 0 Å². The van der Waals surface area contributed by atoms with Crippen LogP contribution in [-0.4, -0.2) is 37.0 Å². The van der Waals surface area contributed by atoms with Crippen LogP contribution in [0.1, 0.15) is 10.6 Å². The van der Waals surface area contributed by atoms with Crippen LogP contribution in [0.4, 0.5) is 5.82 Å². The van der Waals surface area contributed by atoms with Gasteiger partial charge < -0.3 is 5.73 Å². The van der Waals surface area contributed by atoms with Gasteiger partial charge in [-0.2, -0.15) is 0 Å². The first kappa shape index (κ1) is 8.73. The van der Waals surface area contributed by atoms with E-state index in [0.29, 0.717) is 4.48 Å². The summed E-state index contributed by atoms with van der Waals surface area (Å²) in [6.45, 7) is 0. The van der Waals surface area contributed by atoms with Gasteiger partial charge >= 0.3 is 0 Å². The second kappa shape index (κ2) is 2.60. The van der Waals surface area contributed by atoms with Gasteiger partial charge in [-0.05, 0) is 0 Å². The third-order valence-electron chi connectivity index (χ3n) is 1.52. The Hall–Kier alpha value is -1.36. The molecule has 66 valence electrons. The van der Waals surface area contributed by atoms with Gasteiger partial charge in [0.25, 0.3) is 5.91 Å². The Morgan fingerprint density at radius 2 is 2.17 bits per heavy atom. The van der Waals surface area contributed by atoms with E-state index in [1.807, 2.05) is 21.1 Å². The summed E-state index contributed by atoms with van der Waals surface area (Å²) in [4.78, 5) is 17.3. The van der Waals surface area contributed by atoms with Crippen LogP contribution in [0.5, 0.6) is 0 Å². The van der Waals surface area contributed by atoms with Gasteiger partial charge in [0, 0.05) is 0 Å². The average molecular weight is 169 g/mol. The van der Waals surface area contributed by atoms with Crippen LogP contribution in [0.3, 0.4) is 0 Å². The molecule has 0 atom stereocenters. The first-order chi connectivity index (χ1) is 5.41. The van der Waals surface area contributed by atoms with E-state index in [1.54, 1.807) is 6.20 Å². The van der Waals surface area contributed by atoms with E-state index in [-0.39, 0.29) is 5.82 Å². The minimum Gasteiger partial charge on any atom is -0.363 e. The van der Waals surface area contributed by atoms with Gasteiger partial charge in [-0.25, -0.2) is 4.98 Å². The van der Waals surface area contributed by atoms with Crippen LogP contribution in [-0.2, 0) is 0 Å². The van der Waals surface area contributed by atoms with Gasteiger partial charge in [0.05, 0.1) is 21.1 Å². The fraction of sp³-hybridized carbons (Fsp3) is 0.429. The molecule has 12 heavy (non-hydrogen) atoms. The van der Waals surface area contributed by atoms with Crippen molar-refractivity contribution in [1.82, 2.24) is 14.5 Å². The smallest absolute Gasteiger partial charge is 0.284 e. The average Bonchev–Trinajstić information content (AvgIpc) is 2.30. The summed E-state index contributed by atoms with van der Waals surface area (Å²) in [5.41, 5.74) is 5.03. The lowest BCUT2D eigenvalue weighted by Crippen LogP contribution is -2.35. The van der Waals surface area contributed by atoms with Gasteiger partial charge in [-0.1, -0.05) is 0 Å². The molecule has 0 aliphatic carbocycles. The standard InChI is InChI=1S/C7H12N4O/c1-11(2,3)5-4-9-7(10-5)6(8)12/h4H,1-3H3,(H2-,8,9,10,12)/p+1. The lowest BCUT2D eigenvalue weighted by molar-refractivity contribution is 0.0991. The largest absolute Gasteiger partial charge is 0.363 e. The number of primary amides is 1. The highest BCUT2D eigenvalue weighted by Gasteiger charge is 2.16. The molecule has 0 radical (unpaired) electrons. The molecule has 0 spiro atoms. The van der Waals surface area contributed by atoms with Crippen molar-refractivity contribution in [3.05, 3.63) is 12.0 Å². The van der Waals surface area contributed by atoms with E-state index in [9.17, 15) is 4.79 Å². The molecule has 1 rings (SSSR count). The third kappa shape index (κ3) is 1.62. The Bertz CT molecular complexity index is 297. The molecule has 3 N–H and O–H groups in total. The van der Waals surface area contributed by atoms with E-state index in [1.165, 1.54) is 0 Å². The zero-order valence-corrected chi connectivity index (χ0v) is 7.46. The molecule has 0 aliphatic rings. The Labute approximate surface area is 70.8 Å². The second-order valence-electron chi connectivity index (χ2n) is 3.49. The monoisotopic (exact) mass is 169 g/mol. The molecule has 5 nitrogen and oxygen atoms in total. The SMILES string of the molecule is C[N+](C)(C)c1cnc(C(N)=O)[nH]1. The number of hydrogen-bond acceptors (Lipinski definition) is 2. The molecule has 1 heterocycles. The van der Waals surface area contributed by atoms with Crippen molar-refractivity contribution >= 4 is 11.7 Å². The van der Waals surface area contributed by atoms with Crippen molar-refractivity contribution in [3.8, 4) is 0 Å². The van der Waals surface area contributed by atoms with Crippen molar-refractivity contribution in [3.63, 3.8) is 0 Å². The van der Waals surface area contributed by atoms with Crippen molar-refractivity contribution < 1.29 is 4.79 Å². The molecule has 5 heteroatoms. The first-order valence-electron chi connectivity index (χ1n) is 3.58. The molecule has 0 aliphatic heterocycles. The molecule has 1 aromatic heterocycles. The normalized spacial score (nSPS) is 11.6. The second-order valence-corrected chi connectivity index (χ2v) is 3.49. The highest BCUT2D eigenvalue weighted by Crippen LogP contribution is 2.11. The zero-order valence-electron chi connectivity index (χ0n) is 7.46. The van der Waals surface area contributed by atoms with Crippen molar-refractivity contribution in [2.45, 2.75) is 0 Å². The van der Waals surface area contributed by atoms with Crippen LogP contribution in [0.15, 0.2) is 6.20 Å². The van der Waals surface area contributed by atoms with Crippen molar-refractivity contribution in [2.75, 3.05) is 21.1 Å². The fourth-order valence-corrected chi connectivity index (χ4v) is 0.778. The Balaban J connectivity index is 3.00. The van der Waals surface area contributed by atoms with Crippen molar-refractivity contribution in [1.29, 1.82) is 0 Å². The number of carbonyl (C=O) groups is 1. The van der Waals surface area contributed by atoms with Gasteiger partial charge in [-0.15, -0.1) is 0 Å². The predicted molar refractivity (Wildman–Crippen MR) is 46.7 cm³/mol. The Morgan fingerprint density at radius 1 is 1.58 bits per heavy atom. The number of H-pyrrole nitrogens is 1. The van der Waals surface area contributed by atoms with Crippen LogP contribution < -0.4 is 10.2 Å². The predicted octanol–water partition coefficient (Wildman–Crippen LogP) is -0.295. The number of rotatable bonds is 2. The zero-order chi connectivity index (χ0) is 9.35. The molecular weight excluding hydrogens is 156 g/mol. The summed E-state index contributed by atoms with van der Waals surface area (Å²) in [6.07, 6.45) is 1.61. The fourth-order valence-electron chi connectivity index (χ4n) is 0.778. The maximum atomic E-state index is 10.7. The summed E-state index contributed by atoms with van der Waals surface area (Å²) in [6, 6.07) is 0. The number of nitrogens with two attached hydrogens (primary N) is 1. The van der Waals surface area contributed by atoms with E-state index in [0.717, 1.165) is 5.82 Å². The molecular formula is C7H13N4O+. The van der Waals surface area contributed by atoms with Gasteiger partial charge in [-0.3, -0.25) is 14.3 Å². The summed E-state index contributed by atoms with van der Waals surface area (Å²) >= 11 is 0. The highest BCUT2D eigenvalue weighted by molar-refractivity contribution is 5.89. The van der Waals surface area contributed by atoms with E-state index in [2.05, 4.69) is 9.97 Å². The number of quaternary nitrogens is 1. The molecule has 0 bridgehead atoms. The number of imidazole rings is 1. The number of hydrogen-bond donors (Lipinski definition) is 2. The number of nitrogens with zero attached hydrogens (tertiary/aromatic N) is 2. The summed E-state index contributed by atoms with van der Waals surface area (Å²) < 4.78 is 0.584. The maximum absolute atomic E-state index is 10.7. The molecule has 0 fully saturated rings. The molecule has 0 saturated carbocycles. The lowest BCUT2D eigenvalue weighted by Gasteiger charge is -2.19. The number of aromatic nitrogens is 2.